The smallest absolute Gasteiger partial charge is 0.407 e. The second-order valence-corrected chi connectivity index (χ2v) is 6.86. The average molecular weight is 422 g/mol. The minimum absolute atomic E-state index is 0.0411. The number of carbonyl (C=O) groups is 3. The van der Waals surface area contributed by atoms with Gasteiger partial charge in [0.05, 0.1) is 25.4 Å². The molecule has 0 aromatic rings. The normalized spacial score (nSPS) is 22.3. The van der Waals surface area contributed by atoms with E-state index in [1.807, 2.05) is 0 Å². The van der Waals surface area contributed by atoms with Crippen molar-refractivity contribution in [2.24, 2.45) is 0 Å². The Bertz CT molecular complexity index is 565. The third-order valence-electron chi connectivity index (χ3n) is 5.02. The predicted octanol–water partition coefficient (Wildman–Crippen LogP) is -1.66. The average Bonchev–Trinajstić information content (AvgIpc) is 2.64. The molecule has 0 bridgehead atoms. The molecular formula is C16H30N4O9. The Balaban J connectivity index is 3.15. The minimum Gasteiger partial charge on any atom is -0.465 e. The Kier molecular flexibility index (Phi) is 9.88. The van der Waals surface area contributed by atoms with E-state index in [1.165, 1.54) is 4.90 Å². The number of hydrogen-bond donors (Lipinski definition) is 6. The first-order valence-electron chi connectivity index (χ1n) is 9.21. The molecule has 0 saturated carbocycles. The van der Waals surface area contributed by atoms with Crippen LogP contribution in [0.3, 0.4) is 0 Å². The number of hydrogen-bond acceptors (Lipinski definition) is 7. The summed E-state index contributed by atoms with van der Waals surface area (Å²) in [5.74, 6) is 0. The van der Waals surface area contributed by atoms with Crippen molar-refractivity contribution in [1.29, 1.82) is 0 Å². The summed E-state index contributed by atoms with van der Waals surface area (Å²) in [5.41, 5.74) is 0. The Labute approximate surface area is 167 Å². The lowest BCUT2D eigenvalue weighted by molar-refractivity contribution is -0.0198. The van der Waals surface area contributed by atoms with E-state index in [9.17, 15) is 45.0 Å². The largest absolute Gasteiger partial charge is 0.465 e. The first kappa shape index (κ1) is 24.7. The fourth-order valence-corrected chi connectivity index (χ4v) is 3.26. The lowest BCUT2D eigenvalue weighted by Crippen LogP contribution is -2.56. The van der Waals surface area contributed by atoms with Gasteiger partial charge in [0.2, 0.25) is 0 Å². The molecule has 0 aromatic heterocycles. The first-order chi connectivity index (χ1) is 13.6. The van der Waals surface area contributed by atoms with Gasteiger partial charge in [-0.25, -0.2) is 14.4 Å². The predicted molar refractivity (Wildman–Crippen MR) is 98.9 cm³/mol. The molecule has 1 rings (SSSR count). The maximum atomic E-state index is 11.7. The van der Waals surface area contributed by atoms with E-state index in [0.717, 1.165) is 14.7 Å². The Morgan fingerprint density at radius 2 is 1.34 bits per heavy atom. The molecule has 13 nitrogen and oxygen atoms in total. The summed E-state index contributed by atoms with van der Waals surface area (Å²) >= 11 is 0. The van der Waals surface area contributed by atoms with Crippen molar-refractivity contribution in [3.05, 3.63) is 0 Å². The number of amides is 3. The number of nitrogens with zero attached hydrogens (tertiary/aromatic N) is 4. The zero-order chi connectivity index (χ0) is 22.1. The molecule has 0 spiro atoms. The summed E-state index contributed by atoms with van der Waals surface area (Å²) in [4.78, 5) is 39.2. The van der Waals surface area contributed by atoms with Gasteiger partial charge in [-0.05, 0) is 6.92 Å². The van der Waals surface area contributed by atoms with E-state index in [2.05, 4.69) is 0 Å². The molecular weight excluding hydrogens is 392 g/mol. The van der Waals surface area contributed by atoms with Crippen LogP contribution in [0.25, 0.3) is 0 Å². The molecule has 1 aliphatic heterocycles. The van der Waals surface area contributed by atoms with Gasteiger partial charge in [-0.3, -0.25) is 4.90 Å². The molecule has 0 aliphatic carbocycles. The van der Waals surface area contributed by atoms with Crippen molar-refractivity contribution < 1.29 is 45.0 Å². The SMILES string of the molecule is CC1CN(C(=O)O)CCN(C(=O)O)CCN([C@H](CO)[C@@H](O)CO)CCN1C(=O)O. The maximum Gasteiger partial charge on any atom is 0.407 e. The van der Waals surface area contributed by atoms with Gasteiger partial charge in [0.15, 0.2) is 0 Å². The summed E-state index contributed by atoms with van der Waals surface area (Å²) in [7, 11) is 0. The second-order valence-electron chi connectivity index (χ2n) is 6.86. The summed E-state index contributed by atoms with van der Waals surface area (Å²) in [6, 6.07) is -1.63. The van der Waals surface area contributed by atoms with Gasteiger partial charge >= 0.3 is 18.3 Å². The van der Waals surface area contributed by atoms with Crippen molar-refractivity contribution >= 4 is 18.3 Å². The fourth-order valence-electron chi connectivity index (χ4n) is 3.26. The van der Waals surface area contributed by atoms with E-state index in [0.29, 0.717) is 0 Å². The molecule has 1 heterocycles. The van der Waals surface area contributed by atoms with E-state index >= 15 is 0 Å². The minimum atomic E-state index is -1.30. The van der Waals surface area contributed by atoms with Crippen molar-refractivity contribution in [1.82, 2.24) is 19.6 Å². The van der Waals surface area contributed by atoms with Crippen molar-refractivity contribution in [3.8, 4) is 0 Å². The Morgan fingerprint density at radius 3 is 1.83 bits per heavy atom. The molecule has 1 fully saturated rings. The first-order valence-corrected chi connectivity index (χ1v) is 9.21. The highest BCUT2D eigenvalue weighted by atomic mass is 16.4. The van der Waals surface area contributed by atoms with Crippen LogP contribution in [-0.2, 0) is 0 Å². The van der Waals surface area contributed by atoms with Gasteiger partial charge in [0, 0.05) is 51.9 Å². The van der Waals surface area contributed by atoms with Crippen LogP contribution in [0.2, 0.25) is 0 Å². The molecule has 1 saturated heterocycles. The number of aliphatic hydroxyl groups excluding tert-OH is 3. The van der Waals surface area contributed by atoms with Crippen LogP contribution < -0.4 is 0 Å². The lowest BCUT2D eigenvalue weighted by atomic mass is 10.1. The molecule has 13 heteroatoms. The van der Waals surface area contributed by atoms with Crippen molar-refractivity contribution in [2.75, 3.05) is 59.0 Å². The summed E-state index contributed by atoms with van der Waals surface area (Å²) in [6.07, 6.45) is -5.09. The highest BCUT2D eigenvalue weighted by molar-refractivity contribution is 5.67. The van der Waals surface area contributed by atoms with Gasteiger partial charge in [0.25, 0.3) is 0 Å². The Morgan fingerprint density at radius 1 is 0.828 bits per heavy atom. The fraction of sp³-hybridized carbons (Fsp3) is 0.812. The third-order valence-corrected chi connectivity index (χ3v) is 5.02. The number of rotatable bonds is 4. The van der Waals surface area contributed by atoms with Crippen LogP contribution in [0.1, 0.15) is 6.92 Å². The van der Waals surface area contributed by atoms with Gasteiger partial charge in [0.1, 0.15) is 0 Å². The molecule has 3 amide bonds. The molecule has 1 unspecified atom stereocenters. The van der Waals surface area contributed by atoms with Crippen LogP contribution in [-0.4, -0.2) is 146 Å². The zero-order valence-corrected chi connectivity index (χ0v) is 16.3. The summed E-state index contributed by atoms with van der Waals surface area (Å²) in [5, 5.41) is 57.1. The van der Waals surface area contributed by atoms with Gasteiger partial charge < -0.3 is 45.3 Å². The van der Waals surface area contributed by atoms with Crippen LogP contribution in [0, 0.1) is 0 Å². The number of aliphatic hydroxyl groups is 3. The van der Waals surface area contributed by atoms with Crippen LogP contribution in [0.5, 0.6) is 0 Å². The lowest BCUT2D eigenvalue weighted by Gasteiger charge is -2.38. The van der Waals surface area contributed by atoms with E-state index in [-0.39, 0.29) is 45.8 Å². The van der Waals surface area contributed by atoms with Gasteiger partial charge in [-0.2, -0.15) is 0 Å². The highest BCUT2D eigenvalue weighted by Gasteiger charge is 2.30. The maximum absolute atomic E-state index is 11.7. The van der Waals surface area contributed by atoms with Crippen molar-refractivity contribution in [3.63, 3.8) is 0 Å². The highest BCUT2D eigenvalue weighted by Crippen LogP contribution is 2.10. The van der Waals surface area contributed by atoms with E-state index in [4.69, 9.17) is 0 Å². The molecule has 1 aliphatic rings. The molecule has 168 valence electrons. The van der Waals surface area contributed by atoms with Crippen molar-refractivity contribution in [2.45, 2.75) is 25.1 Å². The number of carboxylic acid groups (broad SMARTS) is 3. The van der Waals surface area contributed by atoms with Crippen LogP contribution in [0.4, 0.5) is 14.4 Å². The molecule has 0 radical (unpaired) electrons. The zero-order valence-electron chi connectivity index (χ0n) is 16.3. The van der Waals surface area contributed by atoms with Gasteiger partial charge in [-0.15, -0.1) is 0 Å². The third kappa shape index (κ3) is 7.20. The molecule has 0 aromatic carbocycles. The molecule has 3 atom stereocenters. The van der Waals surface area contributed by atoms with E-state index < -0.39 is 49.7 Å². The van der Waals surface area contributed by atoms with Crippen LogP contribution in [0.15, 0.2) is 0 Å². The topological polar surface area (TPSA) is 186 Å². The van der Waals surface area contributed by atoms with Gasteiger partial charge in [-0.1, -0.05) is 0 Å². The standard InChI is InChI=1S/C16H30N4O9/c1-11-8-19(15(26)27)5-4-18(14(24)25)3-2-17(6-7-20(11)16(28)29)12(9-21)13(23)10-22/h11-13,21-23H,2-10H2,1H3,(H,24,25)(H,26,27)(H,28,29)/t11?,12-,13+/m1/s1. The van der Waals surface area contributed by atoms with Crippen LogP contribution >= 0.6 is 0 Å². The quantitative estimate of drug-likeness (QED) is 0.306. The van der Waals surface area contributed by atoms with E-state index in [1.54, 1.807) is 6.92 Å². The second kappa shape index (κ2) is 11.6. The summed E-state index contributed by atoms with van der Waals surface area (Å²) in [6.45, 7) is -0.0430. The Hall–Kier alpha value is -2.35. The molecule has 6 N–H and O–H groups in total. The monoisotopic (exact) mass is 422 g/mol. The molecule has 29 heavy (non-hydrogen) atoms. The summed E-state index contributed by atoms with van der Waals surface area (Å²) < 4.78 is 0.